The third kappa shape index (κ3) is 7.45. The first-order chi connectivity index (χ1) is 22.1. The number of nitriles is 1. The molecule has 5 rings (SSSR count). The molecule has 1 amide bonds. The van der Waals surface area contributed by atoms with Crippen molar-refractivity contribution < 1.29 is 23.9 Å². The van der Waals surface area contributed by atoms with Crippen molar-refractivity contribution in [3.05, 3.63) is 88.7 Å². The van der Waals surface area contributed by atoms with Crippen LogP contribution in [0.1, 0.15) is 81.9 Å². The molecule has 2 saturated heterocycles. The molecule has 240 valence electrons. The lowest BCUT2D eigenvalue weighted by Gasteiger charge is -2.44. The Kier molecular flexibility index (Phi) is 10.2. The predicted molar refractivity (Wildman–Crippen MR) is 174 cm³/mol. The summed E-state index contributed by atoms with van der Waals surface area (Å²) < 4.78 is 10.5. The first kappa shape index (κ1) is 32.8. The van der Waals surface area contributed by atoms with Gasteiger partial charge in [0.1, 0.15) is 23.3 Å². The van der Waals surface area contributed by atoms with E-state index in [1.807, 2.05) is 18.2 Å². The molecule has 0 aliphatic carbocycles. The Balaban J connectivity index is 1.12. The van der Waals surface area contributed by atoms with Crippen molar-refractivity contribution in [2.75, 3.05) is 40.4 Å². The van der Waals surface area contributed by atoms with Gasteiger partial charge in [0.2, 0.25) is 0 Å². The topological polar surface area (TPSA) is 113 Å². The van der Waals surface area contributed by atoms with E-state index < -0.39 is 0 Å². The third-order valence-corrected chi connectivity index (χ3v) is 9.58. The Morgan fingerprint density at radius 1 is 0.935 bits per heavy atom. The van der Waals surface area contributed by atoms with Crippen molar-refractivity contribution in [3.63, 3.8) is 0 Å². The number of hydrogen-bond acceptors (Lipinski definition) is 8. The highest BCUT2D eigenvalue weighted by atomic mass is 16.5. The monoisotopic (exact) mass is 622 g/mol. The molecule has 0 N–H and O–H groups in total. The van der Waals surface area contributed by atoms with Gasteiger partial charge in [-0.05, 0) is 91.2 Å². The quantitative estimate of drug-likeness (QED) is 0.260. The molecule has 9 nitrogen and oxygen atoms in total. The number of aromatic nitrogens is 1. The molecule has 0 spiro atoms. The van der Waals surface area contributed by atoms with Crippen LogP contribution in [-0.4, -0.2) is 72.7 Å². The summed E-state index contributed by atoms with van der Waals surface area (Å²) in [4.78, 5) is 47.9. The van der Waals surface area contributed by atoms with Gasteiger partial charge in [-0.1, -0.05) is 19.9 Å². The summed E-state index contributed by atoms with van der Waals surface area (Å²) >= 11 is 0. The van der Waals surface area contributed by atoms with Crippen molar-refractivity contribution in [2.45, 2.75) is 46.1 Å². The first-order valence-corrected chi connectivity index (χ1v) is 15.9. The van der Waals surface area contributed by atoms with Gasteiger partial charge < -0.3 is 14.4 Å². The number of hydrogen-bond donors (Lipinski definition) is 0. The summed E-state index contributed by atoms with van der Waals surface area (Å²) in [7, 11) is 3.16. The number of ketones is 2. The highest BCUT2D eigenvalue weighted by Gasteiger charge is 2.37. The first-order valence-electron chi connectivity index (χ1n) is 15.9. The number of amides is 1. The van der Waals surface area contributed by atoms with Crippen LogP contribution < -0.4 is 9.47 Å². The predicted octanol–water partition coefficient (Wildman–Crippen LogP) is 5.83. The number of likely N-dealkylation sites (tertiary alicyclic amines) is 2. The molecule has 46 heavy (non-hydrogen) atoms. The maximum absolute atomic E-state index is 13.3. The number of piperidine rings is 2. The number of benzene rings is 2. The van der Waals surface area contributed by atoms with Crippen LogP contribution in [0.3, 0.4) is 0 Å². The molecule has 2 aliphatic heterocycles. The number of ether oxygens (including phenoxy) is 2. The fourth-order valence-corrected chi connectivity index (χ4v) is 6.75. The van der Waals surface area contributed by atoms with Crippen LogP contribution in [0.15, 0.2) is 60.8 Å². The van der Waals surface area contributed by atoms with E-state index in [1.54, 1.807) is 55.5 Å². The van der Waals surface area contributed by atoms with E-state index in [4.69, 9.17) is 9.47 Å². The molecular weight excluding hydrogens is 580 g/mol. The van der Waals surface area contributed by atoms with E-state index >= 15 is 0 Å². The van der Waals surface area contributed by atoms with E-state index in [0.29, 0.717) is 66.2 Å². The van der Waals surface area contributed by atoms with Crippen LogP contribution in [0.4, 0.5) is 0 Å². The maximum Gasteiger partial charge on any atom is 0.272 e. The van der Waals surface area contributed by atoms with Crippen molar-refractivity contribution >= 4 is 17.5 Å². The van der Waals surface area contributed by atoms with Crippen molar-refractivity contribution in [1.82, 2.24) is 14.8 Å². The van der Waals surface area contributed by atoms with Gasteiger partial charge in [0.05, 0.1) is 19.8 Å². The molecule has 0 radical (unpaired) electrons. The van der Waals surface area contributed by atoms with Crippen LogP contribution in [0, 0.1) is 28.6 Å². The largest absolute Gasteiger partial charge is 0.497 e. The van der Waals surface area contributed by atoms with E-state index in [0.717, 1.165) is 31.6 Å². The van der Waals surface area contributed by atoms with E-state index in [1.165, 1.54) is 6.20 Å². The molecule has 3 aromatic rings. The van der Waals surface area contributed by atoms with Crippen LogP contribution in [0.25, 0.3) is 0 Å². The summed E-state index contributed by atoms with van der Waals surface area (Å²) in [5.74, 6) is 1.32. The molecule has 1 unspecified atom stereocenters. The zero-order valence-electron chi connectivity index (χ0n) is 27.1. The molecule has 1 atom stereocenters. The van der Waals surface area contributed by atoms with Gasteiger partial charge in [0.15, 0.2) is 11.6 Å². The Morgan fingerprint density at radius 3 is 2.26 bits per heavy atom. The molecule has 0 bridgehead atoms. The Hall–Kier alpha value is -4.55. The van der Waals surface area contributed by atoms with Crippen LogP contribution in [0.2, 0.25) is 0 Å². The molecule has 9 heteroatoms. The van der Waals surface area contributed by atoms with E-state index in [2.05, 4.69) is 29.8 Å². The van der Waals surface area contributed by atoms with Gasteiger partial charge in [-0.2, -0.15) is 5.26 Å². The summed E-state index contributed by atoms with van der Waals surface area (Å²) in [5, 5.41) is 9.44. The summed E-state index contributed by atoms with van der Waals surface area (Å²) in [6, 6.07) is 18.4. The van der Waals surface area contributed by atoms with E-state index in [-0.39, 0.29) is 34.7 Å². The number of carbonyl (C=O) groups excluding carboxylic acids is 3. The number of nitrogens with zero attached hydrogens (tertiary/aromatic N) is 4. The number of Topliss-reactive ketones (excluding diaryl/α,β-unsaturated/α-hetero) is 2. The summed E-state index contributed by atoms with van der Waals surface area (Å²) in [6.07, 6.45) is 4.03. The molecule has 2 aromatic carbocycles. The second kappa shape index (κ2) is 14.3. The van der Waals surface area contributed by atoms with Crippen molar-refractivity contribution in [3.8, 4) is 17.6 Å². The van der Waals surface area contributed by atoms with Crippen molar-refractivity contribution in [2.24, 2.45) is 17.3 Å². The average Bonchev–Trinajstić information content (AvgIpc) is 3.08. The van der Waals surface area contributed by atoms with Gasteiger partial charge in [0.25, 0.3) is 5.91 Å². The minimum Gasteiger partial charge on any atom is -0.497 e. The average molecular weight is 623 g/mol. The lowest BCUT2D eigenvalue weighted by atomic mass is 9.71. The normalized spacial score (nSPS) is 18.4. The molecular formula is C37H42N4O5. The zero-order chi connectivity index (χ0) is 32.8. The van der Waals surface area contributed by atoms with Gasteiger partial charge in [-0.3, -0.25) is 24.3 Å². The Bertz CT molecular complexity index is 1600. The second-order valence-electron chi connectivity index (χ2n) is 13.0. The van der Waals surface area contributed by atoms with Gasteiger partial charge in [-0.15, -0.1) is 0 Å². The van der Waals surface area contributed by atoms with Crippen LogP contribution in [-0.2, 0) is 6.54 Å². The standard InChI is InChI=1S/C37H42N4O5/c1-37(2)24-40(23-25-5-12-34(46-4)29(19-25)21-38)16-15-30(37)20-33(42)28-8-11-32(39-22-28)36(44)41-17-13-27(14-18-41)35(43)26-6-9-31(45-3)10-7-26/h5-12,19,22,27,30H,13-18,20,23-24H2,1-4H3. The van der Waals surface area contributed by atoms with Gasteiger partial charge in [-0.25, -0.2) is 0 Å². The summed E-state index contributed by atoms with van der Waals surface area (Å²) in [5.41, 5.74) is 3.00. The Labute approximate surface area is 271 Å². The number of pyridine rings is 1. The fraction of sp³-hybridized carbons (Fsp3) is 0.432. The highest BCUT2D eigenvalue weighted by Crippen LogP contribution is 2.38. The number of methoxy groups -OCH3 is 2. The second-order valence-corrected chi connectivity index (χ2v) is 13.0. The zero-order valence-corrected chi connectivity index (χ0v) is 27.1. The SMILES string of the molecule is COc1ccc(C(=O)C2CCN(C(=O)c3ccc(C(=O)CC4CCN(Cc5ccc(OC)c(C#N)c5)CC4(C)C)cn3)CC2)cc1. The molecule has 2 fully saturated rings. The number of carbonyl (C=O) groups is 3. The van der Waals surface area contributed by atoms with E-state index in [9.17, 15) is 19.6 Å². The molecule has 1 aromatic heterocycles. The smallest absolute Gasteiger partial charge is 0.272 e. The Morgan fingerprint density at radius 2 is 1.65 bits per heavy atom. The fourth-order valence-electron chi connectivity index (χ4n) is 6.75. The van der Waals surface area contributed by atoms with Crippen LogP contribution in [0.5, 0.6) is 11.5 Å². The number of rotatable bonds is 10. The van der Waals surface area contributed by atoms with Gasteiger partial charge >= 0.3 is 0 Å². The maximum atomic E-state index is 13.3. The van der Waals surface area contributed by atoms with Gasteiger partial charge in [0, 0.05) is 55.8 Å². The third-order valence-electron chi connectivity index (χ3n) is 9.58. The minimum absolute atomic E-state index is 0.0321. The lowest BCUT2D eigenvalue weighted by molar-refractivity contribution is 0.0430. The molecule has 0 saturated carbocycles. The van der Waals surface area contributed by atoms with Crippen LogP contribution >= 0.6 is 0 Å². The molecule has 2 aliphatic rings. The lowest BCUT2D eigenvalue weighted by Crippen LogP contribution is -2.45. The highest BCUT2D eigenvalue weighted by molar-refractivity contribution is 5.99. The molecule has 3 heterocycles. The summed E-state index contributed by atoms with van der Waals surface area (Å²) in [6.45, 7) is 7.83. The minimum atomic E-state index is -0.179. The van der Waals surface area contributed by atoms with Crippen molar-refractivity contribution in [1.29, 1.82) is 5.26 Å².